The van der Waals surface area contributed by atoms with Gasteiger partial charge in [-0.3, -0.25) is 4.98 Å². The molecule has 2 rings (SSSR count). The van der Waals surface area contributed by atoms with Gasteiger partial charge in [0.15, 0.2) is 0 Å². The van der Waals surface area contributed by atoms with Crippen molar-refractivity contribution in [3.63, 3.8) is 0 Å². The molecule has 1 unspecified atom stereocenters. The third-order valence-corrected chi connectivity index (χ3v) is 3.40. The van der Waals surface area contributed by atoms with E-state index in [9.17, 15) is 0 Å². The fraction of sp³-hybridized carbons (Fsp3) is 0.615. The molecule has 1 aliphatic heterocycles. The second-order valence-corrected chi connectivity index (χ2v) is 5.03. The van der Waals surface area contributed by atoms with Crippen LogP contribution in [0, 0.1) is 0 Å². The Morgan fingerprint density at radius 1 is 1.41 bits per heavy atom. The predicted molar refractivity (Wildman–Crippen MR) is 71.1 cm³/mol. The summed E-state index contributed by atoms with van der Waals surface area (Å²) in [5.74, 6) is 0. The lowest BCUT2D eigenvalue weighted by Crippen LogP contribution is -2.50. The van der Waals surface area contributed by atoms with Gasteiger partial charge in [0.2, 0.25) is 0 Å². The van der Waals surface area contributed by atoms with Crippen LogP contribution < -0.4 is 10.6 Å². The number of rotatable bonds is 2. The molecule has 2 heterocycles. The fourth-order valence-corrected chi connectivity index (χ4v) is 2.36. The van der Waals surface area contributed by atoms with Crippen molar-refractivity contribution in [1.29, 1.82) is 0 Å². The summed E-state index contributed by atoms with van der Waals surface area (Å²) in [6, 6.07) is 4.71. The molecule has 1 aliphatic rings. The van der Waals surface area contributed by atoms with Gasteiger partial charge in [0.05, 0.1) is 17.6 Å². The van der Waals surface area contributed by atoms with Gasteiger partial charge in [0, 0.05) is 31.7 Å². The summed E-state index contributed by atoms with van der Waals surface area (Å²) in [6.07, 6.45) is 1.94. The molecule has 1 aromatic rings. The Balaban J connectivity index is 2.11. The van der Waals surface area contributed by atoms with Crippen LogP contribution in [0.3, 0.4) is 0 Å². The Hall–Kier alpha value is -1.13. The van der Waals surface area contributed by atoms with Crippen LogP contribution in [0.4, 0.5) is 5.69 Å². The number of nitrogens with zero attached hydrogens (tertiary/aromatic N) is 3. The third kappa shape index (κ3) is 2.76. The highest BCUT2D eigenvalue weighted by atomic mass is 15.3. The molecule has 0 aromatic carbocycles. The third-order valence-electron chi connectivity index (χ3n) is 3.40. The lowest BCUT2D eigenvalue weighted by Gasteiger charge is -2.39. The summed E-state index contributed by atoms with van der Waals surface area (Å²) in [5.41, 5.74) is 7.96. The molecule has 2 atom stereocenters. The topological polar surface area (TPSA) is 45.4 Å². The molecular weight excluding hydrogens is 212 g/mol. The van der Waals surface area contributed by atoms with Gasteiger partial charge in [0.25, 0.3) is 0 Å². The number of hydrogen-bond acceptors (Lipinski definition) is 4. The molecule has 94 valence electrons. The number of anilines is 1. The Labute approximate surface area is 103 Å². The van der Waals surface area contributed by atoms with Gasteiger partial charge in [0.1, 0.15) is 0 Å². The smallest absolute Gasteiger partial charge is 0.0569 e. The van der Waals surface area contributed by atoms with Crippen LogP contribution in [0.25, 0.3) is 0 Å². The SMILES string of the molecule is CC1CN(C)CCN1c1ccc([C@@H](C)N)nc1. The molecule has 1 saturated heterocycles. The van der Waals surface area contributed by atoms with Crippen molar-refractivity contribution in [2.24, 2.45) is 5.73 Å². The van der Waals surface area contributed by atoms with Crippen LogP contribution >= 0.6 is 0 Å². The molecule has 0 spiro atoms. The average molecular weight is 234 g/mol. The van der Waals surface area contributed by atoms with E-state index in [1.807, 2.05) is 19.2 Å². The van der Waals surface area contributed by atoms with E-state index in [-0.39, 0.29) is 6.04 Å². The highest BCUT2D eigenvalue weighted by Crippen LogP contribution is 2.20. The van der Waals surface area contributed by atoms with E-state index in [0.717, 1.165) is 25.3 Å². The normalized spacial score (nSPS) is 23.8. The molecule has 0 aliphatic carbocycles. The van der Waals surface area contributed by atoms with E-state index in [4.69, 9.17) is 5.73 Å². The van der Waals surface area contributed by atoms with Crippen molar-refractivity contribution in [3.8, 4) is 0 Å². The fourth-order valence-electron chi connectivity index (χ4n) is 2.36. The minimum atomic E-state index is 0.00830. The van der Waals surface area contributed by atoms with Crippen molar-refractivity contribution >= 4 is 5.69 Å². The maximum Gasteiger partial charge on any atom is 0.0569 e. The van der Waals surface area contributed by atoms with Crippen molar-refractivity contribution in [1.82, 2.24) is 9.88 Å². The van der Waals surface area contributed by atoms with Crippen LogP contribution in [-0.2, 0) is 0 Å². The van der Waals surface area contributed by atoms with E-state index in [1.165, 1.54) is 5.69 Å². The first kappa shape index (κ1) is 12.3. The number of piperazine rings is 1. The Bertz CT molecular complexity index is 360. The maximum atomic E-state index is 5.80. The van der Waals surface area contributed by atoms with Gasteiger partial charge in [-0.1, -0.05) is 0 Å². The van der Waals surface area contributed by atoms with Crippen molar-refractivity contribution < 1.29 is 0 Å². The van der Waals surface area contributed by atoms with E-state index >= 15 is 0 Å². The highest BCUT2D eigenvalue weighted by molar-refractivity contribution is 5.46. The lowest BCUT2D eigenvalue weighted by molar-refractivity contribution is 0.275. The molecule has 4 heteroatoms. The molecule has 0 radical (unpaired) electrons. The minimum Gasteiger partial charge on any atom is -0.365 e. The molecule has 2 N–H and O–H groups in total. The molecule has 0 amide bonds. The number of nitrogens with two attached hydrogens (primary N) is 1. The first-order valence-corrected chi connectivity index (χ1v) is 6.24. The summed E-state index contributed by atoms with van der Waals surface area (Å²) in [7, 11) is 2.17. The monoisotopic (exact) mass is 234 g/mol. The van der Waals surface area contributed by atoms with Crippen LogP contribution in [0.5, 0.6) is 0 Å². The average Bonchev–Trinajstić information content (AvgIpc) is 2.29. The lowest BCUT2D eigenvalue weighted by atomic mass is 10.1. The zero-order valence-electron chi connectivity index (χ0n) is 10.9. The highest BCUT2D eigenvalue weighted by Gasteiger charge is 2.21. The Morgan fingerprint density at radius 3 is 2.71 bits per heavy atom. The van der Waals surface area contributed by atoms with Gasteiger partial charge in [-0.05, 0) is 33.0 Å². The molecular formula is C13H22N4. The van der Waals surface area contributed by atoms with Gasteiger partial charge >= 0.3 is 0 Å². The zero-order valence-corrected chi connectivity index (χ0v) is 10.9. The molecule has 1 aromatic heterocycles. The minimum absolute atomic E-state index is 0.00830. The van der Waals surface area contributed by atoms with Crippen LogP contribution in [0.2, 0.25) is 0 Å². The summed E-state index contributed by atoms with van der Waals surface area (Å²) in [6.45, 7) is 7.50. The van der Waals surface area contributed by atoms with E-state index in [0.29, 0.717) is 6.04 Å². The van der Waals surface area contributed by atoms with E-state index < -0.39 is 0 Å². The molecule has 17 heavy (non-hydrogen) atoms. The summed E-state index contributed by atoms with van der Waals surface area (Å²) >= 11 is 0. The number of aromatic nitrogens is 1. The van der Waals surface area contributed by atoms with Gasteiger partial charge < -0.3 is 15.5 Å². The van der Waals surface area contributed by atoms with Gasteiger partial charge in [-0.15, -0.1) is 0 Å². The van der Waals surface area contributed by atoms with Crippen molar-refractivity contribution in [3.05, 3.63) is 24.0 Å². The van der Waals surface area contributed by atoms with Gasteiger partial charge in [-0.2, -0.15) is 0 Å². The van der Waals surface area contributed by atoms with Crippen molar-refractivity contribution in [2.45, 2.75) is 25.9 Å². The van der Waals surface area contributed by atoms with Crippen molar-refractivity contribution in [2.75, 3.05) is 31.6 Å². The molecule has 1 fully saturated rings. The second-order valence-electron chi connectivity index (χ2n) is 5.03. The Kier molecular flexibility index (Phi) is 3.64. The van der Waals surface area contributed by atoms with E-state index in [2.05, 4.69) is 34.8 Å². The summed E-state index contributed by atoms with van der Waals surface area (Å²) in [4.78, 5) is 9.21. The van der Waals surface area contributed by atoms with E-state index in [1.54, 1.807) is 0 Å². The standard InChI is InChI=1S/C13H22N4/c1-10-9-16(3)6-7-17(10)12-4-5-13(11(2)14)15-8-12/h4-5,8,10-11H,6-7,9,14H2,1-3H3/t10?,11-/m1/s1. The maximum absolute atomic E-state index is 5.80. The Morgan fingerprint density at radius 2 is 2.18 bits per heavy atom. The first-order chi connectivity index (χ1) is 8.08. The largest absolute Gasteiger partial charge is 0.365 e. The summed E-state index contributed by atoms with van der Waals surface area (Å²) < 4.78 is 0. The van der Waals surface area contributed by atoms with Crippen LogP contribution in [-0.4, -0.2) is 42.6 Å². The number of pyridine rings is 1. The zero-order chi connectivity index (χ0) is 12.4. The second kappa shape index (κ2) is 5.02. The van der Waals surface area contributed by atoms with Crippen LogP contribution in [0.15, 0.2) is 18.3 Å². The van der Waals surface area contributed by atoms with Crippen LogP contribution in [0.1, 0.15) is 25.6 Å². The molecule has 4 nitrogen and oxygen atoms in total. The number of hydrogen-bond donors (Lipinski definition) is 1. The number of likely N-dealkylation sites (N-methyl/N-ethyl adjacent to an activating group) is 1. The molecule has 0 bridgehead atoms. The molecule has 0 saturated carbocycles. The quantitative estimate of drug-likeness (QED) is 0.836. The first-order valence-electron chi connectivity index (χ1n) is 6.24. The summed E-state index contributed by atoms with van der Waals surface area (Å²) in [5, 5.41) is 0. The predicted octanol–water partition coefficient (Wildman–Crippen LogP) is 1.24. The van der Waals surface area contributed by atoms with Gasteiger partial charge in [-0.25, -0.2) is 0 Å².